The second-order valence-electron chi connectivity index (χ2n) is 5.31. The van der Waals surface area contributed by atoms with Crippen LogP contribution in [0.3, 0.4) is 0 Å². The van der Waals surface area contributed by atoms with Gasteiger partial charge < -0.3 is 10.2 Å². The molecule has 124 valence electrons. The highest BCUT2D eigenvalue weighted by molar-refractivity contribution is 5.85. The molecule has 0 radical (unpaired) electrons. The number of hydrogen-bond donors (Lipinski definition) is 1. The Morgan fingerprint density at radius 1 is 1.41 bits per heavy atom. The number of nitrogens with zero attached hydrogens (tertiary/aromatic N) is 2. The predicted molar refractivity (Wildman–Crippen MR) is 88.8 cm³/mol. The fraction of sp³-hybridized carbons (Fsp3) is 0.562. The molecule has 1 fully saturated rings. The Morgan fingerprint density at radius 3 is 2.77 bits per heavy atom. The summed E-state index contributed by atoms with van der Waals surface area (Å²) in [5, 5.41) is 3.32. The van der Waals surface area contributed by atoms with E-state index in [1.165, 1.54) is 6.07 Å². The number of amides is 1. The SMILES string of the molecule is CCN(CC)C(=O)CN1CCNCC1c1cccc(F)c1.Cl. The number of piperazine rings is 1. The number of likely N-dealkylation sites (N-methyl/N-ethyl adjacent to an activating group) is 1. The van der Waals surface area contributed by atoms with E-state index in [0.717, 1.165) is 38.3 Å². The first-order valence-corrected chi connectivity index (χ1v) is 7.63. The summed E-state index contributed by atoms with van der Waals surface area (Å²) >= 11 is 0. The van der Waals surface area contributed by atoms with E-state index in [1.807, 2.05) is 24.8 Å². The Kier molecular flexibility index (Phi) is 7.79. The summed E-state index contributed by atoms with van der Waals surface area (Å²) in [5.41, 5.74) is 0.926. The number of carbonyl (C=O) groups excluding carboxylic acids is 1. The molecule has 4 nitrogen and oxygen atoms in total. The number of hydrogen-bond acceptors (Lipinski definition) is 3. The minimum atomic E-state index is -0.229. The third-order valence-corrected chi connectivity index (χ3v) is 4.04. The molecule has 1 aromatic carbocycles. The Bertz CT molecular complexity index is 482. The maximum absolute atomic E-state index is 13.4. The van der Waals surface area contributed by atoms with E-state index < -0.39 is 0 Å². The van der Waals surface area contributed by atoms with Crippen molar-refractivity contribution < 1.29 is 9.18 Å². The highest BCUT2D eigenvalue weighted by atomic mass is 35.5. The smallest absolute Gasteiger partial charge is 0.236 e. The molecule has 1 aromatic rings. The first-order valence-electron chi connectivity index (χ1n) is 7.63. The number of halogens is 2. The average Bonchev–Trinajstić information content (AvgIpc) is 2.49. The molecule has 1 unspecified atom stereocenters. The minimum absolute atomic E-state index is 0. The van der Waals surface area contributed by atoms with Crippen molar-refractivity contribution in [2.24, 2.45) is 0 Å². The average molecular weight is 330 g/mol. The van der Waals surface area contributed by atoms with Crippen molar-refractivity contribution in [3.05, 3.63) is 35.6 Å². The molecular formula is C16H25ClFN3O. The standard InChI is InChI=1S/C16H24FN3O.ClH/c1-3-19(4-2)16(21)12-20-9-8-18-11-15(20)13-6-5-7-14(17)10-13;/h5-7,10,15,18H,3-4,8-9,11-12H2,1-2H3;1H. The van der Waals surface area contributed by atoms with Gasteiger partial charge in [-0.05, 0) is 31.5 Å². The molecule has 0 spiro atoms. The fourth-order valence-electron chi connectivity index (χ4n) is 2.83. The molecule has 1 N–H and O–H groups in total. The van der Waals surface area contributed by atoms with Crippen LogP contribution in [0.5, 0.6) is 0 Å². The lowest BCUT2D eigenvalue weighted by atomic mass is 10.0. The van der Waals surface area contributed by atoms with Crippen molar-refractivity contribution >= 4 is 18.3 Å². The van der Waals surface area contributed by atoms with Gasteiger partial charge in [-0.3, -0.25) is 9.69 Å². The molecule has 1 amide bonds. The summed E-state index contributed by atoms with van der Waals surface area (Å²) in [5.74, 6) is -0.0867. The van der Waals surface area contributed by atoms with Gasteiger partial charge in [-0.15, -0.1) is 12.4 Å². The second kappa shape index (κ2) is 9.08. The summed E-state index contributed by atoms with van der Waals surface area (Å²) in [4.78, 5) is 16.3. The van der Waals surface area contributed by atoms with Gasteiger partial charge in [-0.2, -0.15) is 0 Å². The molecule has 22 heavy (non-hydrogen) atoms. The van der Waals surface area contributed by atoms with Crippen LogP contribution in [0.15, 0.2) is 24.3 Å². The molecule has 0 aliphatic carbocycles. The van der Waals surface area contributed by atoms with Crippen LogP contribution in [-0.2, 0) is 4.79 Å². The zero-order valence-corrected chi connectivity index (χ0v) is 14.0. The van der Waals surface area contributed by atoms with Crippen molar-refractivity contribution in [1.82, 2.24) is 15.1 Å². The van der Waals surface area contributed by atoms with Crippen LogP contribution < -0.4 is 5.32 Å². The molecule has 0 saturated carbocycles. The van der Waals surface area contributed by atoms with Crippen molar-refractivity contribution in [3.63, 3.8) is 0 Å². The Labute approximate surface area is 138 Å². The van der Waals surface area contributed by atoms with Gasteiger partial charge in [0.2, 0.25) is 5.91 Å². The molecule has 1 saturated heterocycles. The highest BCUT2D eigenvalue weighted by Gasteiger charge is 2.26. The summed E-state index contributed by atoms with van der Waals surface area (Å²) in [6.45, 7) is 8.23. The van der Waals surface area contributed by atoms with Crippen molar-refractivity contribution in [1.29, 1.82) is 0 Å². The molecule has 1 heterocycles. The maximum Gasteiger partial charge on any atom is 0.236 e. The minimum Gasteiger partial charge on any atom is -0.342 e. The second-order valence-corrected chi connectivity index (χ2v) is 5.31. The Morgan fingerprint density at radius 2 is 2.14 bits per heavy atom. The van der Waals surface area contributed by atoms with Crippen LogP contribution in [0.2, 0.25) is 0 Å². The lowest BCUT2D eigenvalue weighted by Crippen LogP contribution is -2.50. The van der Waals surface area contributed by atoms with Gasteiger partial charge in [0.1, 0.15) is 5.82 Å². The number of benzene rings is 1. The van der Waals surface area contributed by atoms with Gasteiger partial charge in [0, 0.05) is 38.8 Å². The quantitative estimate of drug-likeness (QED) is 0.898. The van der Waals surface area contributed by atoms with E-state index in [1.54, 1.807) is 12.1 Å². The molecule has 6 heteroatoms. The maximum atomic E-state index is 13.4. The summed E-state index contributed by atoms with van der Waals surface area (Å²) in [6.07, 6.45) is 0. The zero-order valence-electron chi connectivity index (χ0n) is 13.2. The van der Waals surface area contributed by atoms with Crippen molar-refractivity contribution in [3.8, 4) is 0 Å². The van der Waals surface area contributed by atoms with Gasteiger partial charge >= 0.3 is 0 Å². The number of carbonyl (C=O) groups is 1. The Balaban J connectivity index is 0.00000242. The van der Waals surface area contributed by atoms with Crippen LogP contribution in [0.4, 0.5) is 4.39 Å². The van der Waals surface area contributed by atoms with Crippen LogP contribution in [0, 0.1) is 5.82 Å². The van der Waals surface area contributed by atoms with Crippen molar-refractivity contribution in [2.45, 2.75) is 19.9 Å². The summed E-state index contributed by atoms with van der Waals surface area (Å²) < 4.78 is 13.4. The van der Waals surface area contributed by atoms with Crippen LogP contribution in [-0.4, -0.2) is 55.0 Å². The third kappa shape index (κ3) is 4.66. The van der Waals surface area contributed by atoms with E-state index in [-0.39, 0.29) is 30.2 Å². The fourth-order valence-corrected chi connectivity index (χ4v) is 2.83. The number of nitrogens with one attached hydrogen (secondary N) is 1. The van der Waals surface area contributed by atoms with E-state index in [0.29, 0.717) is 6.54 Å². The zero-order chi connectivity index (χ0) is 15.2. The largest absolute Gasteiger partial charge is 0.342 e. The van der Waals surface area contributed by atoms with E-state index in [9.17, 15) is 9.18 Å². The lowest BCUT2D eigenvalue weighted by molar-refractivity contribution is -0.132. The summed E-state index contributed by atoms with van der Waals surface area (Å²) in [6, 6.07) is 6.71. The monoisotopic (exact) mass is 329 g/mol. The van der Waals surface area contributed by atoms with Gasteiger partial charge in [0.15, 0.2) is 0 Å². The van der Waals surface area contributed by atoms with Crippen molar-refractivity contribution in [2.75, 3.05) is 39.3 Å². The van der Waals surface area contributed by atoms with Gasteiger partial charge in [0.25, 0.3) is 0 Å². The molecule has 1 atom stereocenters. The van der Waals surface area contributed by atoms with Gasteiger partial charge in [-0.1, -0.05) is 12.1 Å². The van der Waals surface area contributed by atoms with E-state index in [2.05, 4.69) is 10.2 Å². The van der Waals surface area contributed by atoms with Crippen LogP contribution in [0.25, 0.3) is 0 Å². The third-order valence-electron chi connectivity index (χ3n) is 4.04. The first kappa shape index (κ1) is 18.9. The Hall–Kier alpha value is -1.17. The van der Waals surface area contributed by atoms with Crippen LogP contribution in [0.1, 0.15) is 25.5 Å². The first-order chi connectivity index (χ1) is 10.2. The topological polar surface area (TPSA) is 35.6 Å². The van der Waals surface area contributed by atoms with Crippen LogP contribution >= 0.6 is 12.4 Å². The van der Waals surface area contributed by atoms with E-state index >= 15 is 0 Å². The summed E-state index contributed by atoms with van der Waals surface area (Å²) in [7, 11) is 0. The molecular weight excluding hydrogens is 305 g/mol. The predicted octanol–water partition coefficient (Wildman–Crippen LogP) is 2.06. The molecule has 0 bridgehead atoms. The number of rotatable bonds is 5. The highest BCUT2D eigenvalue weighted by Crippen LogP contribution is 2.22. The normalized spacial score (nSPS) is 18.6. The van der Waals surface area contributed by atoms with E-state index in [4.69, 9.17) is 0 Å². The molecule has 1 aliphatic heterocycles. The molecule has 1 aliphatic rings. The van der Waals surface area contributed by atoms with Gasteiger partial charge in [0.05, 0.1) is 6.54 Å². The molecule has 0 aromatic heterocycles. The lowest BCUT2D eigenvalue weighted by Gasteiger charge is -2.37. The van der Waals surface area contributed by atoms with Gasteiger partial charge in [-0.25, -0.2) is 4.39 Å². The molecule has 2 rings (SSSR count).